The monoisotopic (exact) mass is 392 g/mol. The van der Waals surface area contributed by atoms with E-state index in [4.69, 9.17) is 26.6 Å². The van der Waals surface area contributed by atoms with E-state index in [1.807, 2.05) is 30.0 Å². The molecule has 1 aromatic carbocycles. The van der Waals surface area contributed by atoms with Crippen LogP contribution in [-0.4, -0.2) is 57.4 Å². The lowest BCUT2D eigenvalue weighted by molar-refractivity contribution is -0.137. The fourth-order valence-electron chi connectivity index (χ4n) is 2.42. The average Bonchev–Trinajstić information content (AvgIpc) is 2.46. The van der Waals surface area contributed by atoms with E-state index in [1.165, 1.54) is 0 Å². The summed E-state index contributed by atoms with van der Waals surface area (Å²) in [7, 11) is -3.49. The Morgan fingerprint density at radius 2 is 2.08 bits per heavy atom. The molecular weight excluding hydrogens is 368 g/mol. The fourth-order valence-corrected chi connectivity index (χ4v) is 3.01. The van der Waals surface area contributed by atoms with Crippen LogP contribution in [0.4, 0.5) is 5.69 Å². The molecule has 0 aliphatic carbocycles. The lowest BCUT2D eigenvalue weighted by Gasteiger charge is -2.25. The molecule has 0 fully saturated rings. The first-order valence-corrected chi connectivity index (χ1v) is 10.2. The Morgan fingerprint density at radius 1 is 1.40 bits per heavy atom. The molecule has 0 spiro atoms. The highest BCUT2D eigenvalue weighted by molar-refractivity contribution is 7.85. The first-order valence-electron chi connectivity index (χ1n) is 7.84. The highest BCUT2D eigenvalue weighted by Gasteiger charge is 2.14. The largest absolute Gasteiger partial charge is 0.481 e. The Kier molecular flexibility index (Phi) is 8.64. The van der Waals surface area contributed by atoms with Crippen LogP contribution in [0.1, 0.15) is 17.5 Å². The lowest BCUT2D eigenvalue weighted by Crippen LogP contribution is -2.30. The summed E-state index contributed by atoms with van der Waals surface area (Å²) in [5, 5.41) is 8.84. The standard InChI is InChI=1S/C16H25ClN2O5S/c1-12-3-4-15(10-13(12)9-14(18)11-16(20)21)19(6-5-17)7-8-24-25(2,22)23/h3-4,10,14H,5-9,11,18H2,1-2H3,(H,20,21)/t14-/m0/s1. The molecule has 0 aliphatic heterocycles. The van der Waals surface area contributed by atoms with Crippen molar-refractivity contribution in [2.75, 3.05) is 36.7 Å². The highest BCUT2D eigenvalue weighted by atomic mass is 35.5. The smallest absolute Gasteiger partial charge is 0.304 e. The van der Waals surface area contributed by atoms with Crippen LogP contribution >= 0.6 is 11.6 Å². The molecule has 0 unspecified atom stereocenters. The number of benzene rings is 1. The van der Waals surface area contributed by atoms with Gasteiger partial charge in [-0.15, -0.1) is 11.6 Å². The van der Waals surface area contributed by atoms with Gasteiger partial charge in [-0.2, -0.15) is 8.42 Å². The van der Waals surface area contributed by atoms with Crippen molar-refractivity contribution >= 4 is 33.4 Å². The van der Waals surface area contributed by atoms with Gasteiger partial charge in [-0.25, -0.2) is 0 Å². The number of nitrogens with zero attached hydrogens (tertiary/aromatic N) is 1. The molecule has 9 heteroatoms. The van der Waals surface area contributed by atoms with Gasteiger partial charge in [-0.05, 0) is 36.6 Å². The molecule has 0 saturated carbocycles. The van der Waals surface area contributed by atoms with Gasteiger partial charge < -0.3 is 15.7 Å². The number of halogens is 1. The Hall–Kier alpha value is -1.35. The Balaban J connectivity index is 2.88. The maximum atomic E-state index is 11.1. The van der Waals surface area contributed by atoms with Crippen LogP contribution < -0.4 is 10.6 Å². The molecule has 0 saturated heterocycles. The molecular formula is C16H25ClN2O5S. The van der Waals surface area contributed by atoms with E-state index >= 15 is 0 Å². The van der Waals surface area contributed by atoms with Crippen LogP contribution in [0.25, 0.3) is 0 Å². The summed E-state index contributed by atoms with van der Waals surface area (Å²) in [6.45, 7) is 2.85. The van der Waals surface area contributed by atoms with E-state index in [9.17, 15) is 13.2 Å². The summed E-state index contributed by atoms with van der Waals surface area (Å²) >= 11 is 5.84. The van der Waals surface area contributed by atoms with Gasteiger partial charge in [0.25, 0.3) is 10.1 Å². The van der Waals surface area contributed by atoms with Crippen molar-refractivity contribution in [1.29, 1.82) is 0 Å². The number of hydrogen-bond donors (Lipinski definition) is 2. The van der Waals surface area contributed by atoms with Crippen LogP contribution in [0.5, 0.6) is 0 Å². The number of nitrogens with two attached hydrogens (primary N) is 1. The molecule has 0 aliphatic rings. The number of carbonyl (C=O) groups is 1. The van der Waals surface area contributed by atoms with E-state index in [0.29, 0.717) is 25.4 Å². The van der Waals surface area contributed by atoms with Gasteiger partial charge in [0.05, 0.1) is 19.3 Å². The average molecular weight is 393 g/mol. The molecule has 0 bridgehead atoms. The quantitative estimate of drug-likeness (QED) is 0.432. The van der Waals surface area contributed by atoms with Crippen LogP contribution in [0.3, 0.4) is 0 Å². The third-order valence-corrected chi connectivity index (χ3v) is 4.39. The number of anilines is 1. The van der Waals surface area contributed by atoms with E-state index in [0.717, 1.165) is 23.1 Å². The topological polar surface area (TPSA) is 110 Å². The van der Waals surface area contributed by atoms with E-state index in [-0.39, 0.29) is 13.0 Å². The number of carboxylic acids is 1. The predicted octanol–water partition coefficient (Wildman–Crippen LogP) is 1.36. The van der Waals surface area contributed by atoms with E-state index < -0.39 is 22.1 Å². The minimum Gasteiger partial charge on any atom is -0.481 e. The van der Waals surface area contributed by atoms with Crippen LogP contribution in [0.15, 0.2) is 18.2 Å². The third kappa shape index (κ3) is 8.53. The van der Waals surface area contributed by atoms with Crippen molar-refractivity contribution in [3.8, 4) is 0 Å². The van der Waals surface area contributed by atoms with Gasteiger partial charge in [-0.3, -0.25) is 8.98 Å². The van der Waals surface area contributed by atoms with E-state index in [1.54, 1.807) is 0 Å². The van der Waals surface area contributed by atoms with Gasteiger partial charge in [0.1, 0.15) is 0 Å². The second-order valence-corrected chi connectivity index (χ2v) is 7.90. The molecule has 0 radical (unpaired) electrons. The number of aryl methyl sites for hydroxylation is 1. The molecule has 0 heterocycles. The Labute approximate surface area is 153 Å². The van der Waals surface area contributed by atoms with Crippen molar-refractivity contribution in [3.63, 3.8) is 0 Å². The van der Waals surface area contributed by atoms with Crippen LogP contribution in [0.2, 0.25) is 0 Å². The molecule has 1 aromatic rings. The first kappa shape index (κ1) is 21.7. The van der Waals surface area contributed by atoms with Gasteiger partial charge >= 0.3 is 5.97 Å². The second-order valence-electron chi connectivity index (χ2n) is 5.87. The molecule has 1 rings (SSSR count). The van der Waals surface area contributed by atoms with Crippen LogP contribution in [0, 0.1) is 6.92 Å². The first-order chi connectivity index (χ1) is 11.6. The number of carboxylic acid groups (broad SMARTS) is 1. The molecule has 25 heavy (non-hydrogen) atoms. The van der Waals surface area contributed by atoms with Crippen molar-refractivity contribution < 1.29 is 22.5 Å². The van der Waals surface area contributed by atoms with Crippen molar-refractivity contribution in [3.05, 3.63) is 29.3 Å². The highest BCUT2D eigenvalue weighted by Crippen LogP contribution is 2.21. The molecule has 142 valence electrons. The normalized spacial score (nSPS) is 12.8. The maximum Gasteiger partial charge on any atom is 0.304 e. The fraction of sp³-hybridized carbons (Fsp3) is 0.562. The van der Waals surface area contributed by atoms with Gasteiger partial charge in [0.15, 0.2) is 0 Å². The predicted molar refractivity (Wildman–Crippen MR) is 98.8 cm³/mol. The summed E-state index contributed by atoms with van der Waals surface area (Å²) in [5.41, 5.74) is 8.72. The zero-order valence-corrected chi connectivity index (χ0v) is 16.0. The van der Waals surface area contributed by atoms with E-state index in [2.05, 4.69) is 0 Å². The van der Waals surface area contributed by atoms with Crippen molar-refractivity contribution in [2.45, 2.75) is 25.8 Å². The zero-order chi connectivity index (χ0) is 19.0. The summed E-state index contributed by atoms with van der Waals surface area (Å²) in [4.78, 5) is 12.7. The van der Waals surface area contributed by atoms with Gasteiger partial charge in [0.2, 0.25) is 0 Å². The second kappa shape index (κ2) is 9.96. The molecule has 0 amide bonds. The summed E-state index contributed by atoms with van der Waals surface area (Å²) in [5.74, 6) is -0.552. The van der Waals surface area contributed by atoms with Gasteiger partial charge in [0, 0.05) is 30.7 Å². The van der Waals surface area contributed by atoms with Crippen LogP contribution in [-0.2, 0) is 25.5 Å². The van der Waals surface area contributed by atoms with Crippen molar-refractivity contribution in [2.24, 2.45) is 5.73 Å². The molecule has 1 atom stereocenters. The minimum atomic E-state index is -3.49. The summed E-state index contributed by atoms with van der Waals surface area (Å²) in [6, 6.07) is 5.30. The SMILES string of the molecule is Cc1ccc(N(CCCl)CCOS(C)(=O)=O)cc1C[C@H](N)CC(=O)O. The number of aliphatic carboxylic acids is 1. The van der Waals surface area contributed by atoms with Crippen molar-refractivity contribution in [1.82, 2.24) is 0 Å². The Bertz CT molecular complexity index is 681. The maximum absolute atomic E-state index is 11.1. The number of hydrogen-bond acceptors (Lipinski definition) is 6. The number of rotatable bonds is 11. The lowest BCUT2D eigenvalue weighted by atomic mass is 9.99. The minimum absolute atomic E-state index is 0.0253. The third-order valence-electron chi connectivity index (χ3n) is 3.63. The van der Waals surface area contributed by atoms with Gasteiger partial charge in [-0.1, -0.05) is 6.07 Å². The molecule has 3 N–H and O–H groups in total. The summed E-state index contributed by atoms with van der Waals surface area (Å²) < 4.78 is 27.0. The number of alkyl halides is 1. The molecule has 7 nitrogen and oxygen atoms in total. The summed E-state index contributed by atoms with van der Waals surface area (Å²) in [6.07, 6.45) is 1.35. The molecule has 0 aromatic heterocycles. The zero-order valence-electron chi connectivity index (χ0n) is 14.4. The Morgan fingerprint density at radius 3 is 2.64 bits per heavy atom.